The molecule has 1 amide bonds. The lowest BCUT2D eigenvalue weighted by Gasteiger charge is -2.35. The van der Waals surface area contributed by atoms with Crippen LogP contribution < -0.4 is 5.73 Å². The van der Waals surface area contributed by atoms with Gasteiger partial charge in [-0.05, 0) is 25.2 Å². The van der Waals surface area contributed by atoms with E-state index in [9.17, 15) is 4.79 Å². The van der Waals surface area contributed by atoms with Crippen LogP contribution in [0.3, 0.4) is 0 Å². The van der Waals surface area contributed by atoms with Crippen molar-refractivity contribution in [3.8, 4) is 0 Å². The molecule has 15 heavy (non-hydrogen) atoms. The second kappa shape index (κ2) is 4.49. The minimum Gasteiger partial charge on any atom is -0.381 e. The Labute approximate surface area is 90.8 Å². The van der Waals surface area contributed by atoms with Crippen LogP contribution >= 0.6 is 0 Å². The third-order valence-electron chi connectivity index (χ3n) is 3.46. The number of carbonyl (C=O) groups is 1. The van der Waals surface area contributed by atoms with E-state index >= 15 is 0 Å². The number of hydrogen-bond donors (Lipinski definition) is 1. The predicted octanol–water partition coefficient (Wildman–Crippen LogP) is 0.219. The summed E-state index contributed by atoms with van der Waals surface area (Å²) < 4.78 is 5.22. The van der Waals surface area contributed by atoms with Gasteiger partial charge in [0.2, 0.25) is 5.91 Å². The molecular formula is C11H20N2O2. The van der Waals surface area contributed by atoms with Crippen molar-refractivity contribution in [2.24, 2.45) is 17.6 Å². The first-order valence-corrected chi connectivity index (χ1v) is 5.75. The molecule has 0 radical (unpaired) electrons. The molecule has 86 valence electrons. The van der Waals surface area contributed by atoms with E-state index in [2.05, 4.69) is 0 Å². The Kier molecular flexibility index (Phi) is 3.26. The third kappa shape index (κ3) is 2.49. The predicted molar refractivity (Wildman–Crippen MR) is 57.3 cm³/mol. The van der Waals surface area contributed by atoms with E-state index in [-0.39, 0.29) is 11.8 Å². The molecule has 2 rings (SSSR count). The van der Waals surface area contributed by atoms with E-state index in [1.165, 1.54) is 0 Å². The van der Waals surface area contributed by atoms with Crippen molar-refractivity contribution < 1.29 is 9.53 Å². The average molecular weight is 212 g/mol. The molecular weight excluding hydrogens is 192 g/mol. The zero-order valence-corrected chi connectivity index (χ0v) is 9.32. The highest BCUT2D eigenvalue weighted by atomic mass is 16.5. The highest BCUT2D eigenvalue weighted by Crippen LogP contribution is 2.26. The number of carbonyl (C=O) groups excluding carboxylic acids is 1. The van der Waals surface area contributed by atoms with Gasteiger partial charge in [-0.1, -0.05) is 0 Å². The van der Waals surface area contributed by atoms with Crippen LogP contribution in [0, 0.1) is 11.8 Å². The fourth-order valence-corrected chi connectivity index (χ4v) is 2.45. The van der Waals surface area contributed by atoms with Gasteiger partial charge in [0.15, 0.2) is 0 Å². The van der Waals surface area contributed by atoms with Crippen LogP contribution in [0.5, 0.6) is 0 Å². The van der Waals surface area contributed by atoms with Gasteiger partial charge in [0.05, 0.1) is 12.5 Å². The zero-order chi connectivity index (χ0) is 10.8. The van der Waals surface area contributed by atoms with E-state index in [0.29, 0.717) is 18.6 Å². The number of rotatable bonds is 3. The minimum absolute atomic E-state index is 0.101. The molecule has 1 saturated carbocycles. The summed E-state index contributed by atoms with van der Waals surface area (Å²) in [4.78, 5) is 13.8. The van der Waals surface area contributed by atoms with Crippen LogP contribution in [0.2, 0.25) is 0 Å². The molecule has 4 heteroatoms. The van der Waals surface area contributed by atoms with E-state index in [1.54, 1.807) is 0 Å². The summed E-state index contributed by atoms with van der Waals surface area (Å²) >= 11 is 0. The Morgan fingerprint density at radius 3 is 2.80 bits per heavy atom. The molecule has 1 aliphatic heterocycles. The maximum absolute atomic E-state index is 11.9. The molecule has 0 aromatic carbocycles. The van der Waals surface area contributed by atoms with E-state index in [0.717, 1.165) is 32.4 Å². The fourth-order valence-electron chi connectivity index (χ4n) is 2.45. The van der Waals surface area contributed by atoms with Crippen LogP contribution in [0.1, 0.15) is 19.3 Å². The van der Waals surface area contributed by atoms with Crippen molar-refractivity contribution in [3.05, 3.63) is 0 Å². The van der Waals surface area contributed by atoms with Crippen molar-refractivity contribution in [2.45, 2.75) is 25.3 Å². The summed E-state index contributed by atoms with van der Waals surface area (Å²) in [5, 5.41) is 0. The summed E-state index contributed by atoms with van der Waals surface area (Å²) in [7, 11) is 1.89. The molecule has 2 fully saturated rings. The van der Waals surface area contributed by atoms with Crippen LogP contribution in [0.15, 0.2) is 0 Å². The largest absolute Gasteiger partial charge is 0.381 e. The highest BCUT2D eigenvalue weighted by molar-refractivity contribution is 5.78. The summed E-state index contributed by atoms with van der Waals surface area (Å²) in [6.07, 6.45) is 3.02. The van der Waals surface area contributed by atoms with E-state index in [4.69, 9.17) is 10.5 Å². The Morgan fingerprint density at radius 2 is 2.27 bits per heavy atom. The second-order valence-electron chi connectivity index (χ2n) is 4.88. The molecule has 1 heterocycles. The van der Waals surface area contributed by atoms with Gasteiger partial charge < -0.3 is 15.4 Å². The lowest BCUT2D eigenvalue weighted by molar-refractivity contribution is -0.135. The SMILES string of the molecule is CN(CC1CC(N)C1)C(=O)C1CCOC1. The molecule has 1 saturated heterocycles. The fraction of sp³-hybridized carbons (Fsp3) is 0.909. The molecule has 1 atom stereocenters. The molecule has 2 aliphatic rings. The Bertz CT molecular complexity index is 233. The van der Waals surface area contributed by atoms with Gasteiger partial charge in [0.1, 0.15) is 0 Å². The molecule has 1 unspecified atom stereocenters. The molecule has 0 aromatic rings. The Morgan fingerprint density at radius 1 is 1.53 bits per heavy atom. The Balaban J connectivity index is 1.74. The molecule has 0 bridgehead atoms. The van der Waals surface area contributed by atoms with Crippen LogP contribution in [0.4, 0.5) is 0 Å². The first-order chi connectivity index (χ1) is 7.16. The minimum atomic E-state index is 0.101. The van der Waals surface area contributed by atoms with Gasteiger partial charge in [-0.25, -0.2) is 0 Å². The topological polar surface area (TPSA) is 55.6 Å². The van der Waals surface area contributed by atoms with Gasteiger partial charge in [-0.15, -0.1) is 0 Å². The van der Waals surface area contributed by atoms with Crippen LogP contribution in [-0.4, -0.2) is 43.7 Å². The summed E-state index contributed by atoms with van der Waals surface area (Å²) in [6.45, 7) is 2.20. The second-order valence-corrected chi connectivity index (χ2v) is 4.88. The number of amides is 1. The quantitative estimate of drug-likeness (QED) is 0.728. The highest BCUT2D eigenvalue weighted by Gasteiger charge is 2.31. The summed E-state index contributed by atoms with van der Waals surface area (Å²) in [5.41, 5.74) is 5.72. The first-order valence-electron chi connectivity index (χ1n) is 5.75. The van der Waals surface area contributed by atoms with E-state index < -0.39 is 0 Å². The van der Waals surface area contributed by atoms with Crippen LogP contribution in [-0.2, 0) is 9.53 Å². The maximum Gasteiger partial charge on any atom is 0.227 e. The van der Waals surface area contributed by atoms with Crippen molar-refractivity contribution >= 4 is 5.91 Å². The maximum atomic E-state index is 11.9. The molecule has 4 nitrogen and oxygen atoms in total. The van der Waals surface area contributed by atoms with E-state index in [1.807, 2.05) is 11.9 Å². The monoisotopic (exact) mass is 212 g/mol. The summed E-state index contributed by atoms with van der Waals surface area (Å²) in [6, 6.07) is 0.369. The van der Waals surface area contributed by atoms with Crippen molar-refractivity contribution in [1.29, 1.82) is 0 Å². The first kappa shape index (κ1) is 10.9. The van der Waals surface area contributed by atoms with Gasteiger partial charge in [-0.3, -0.25) is 4.79 Å². The van der Waals surface area contributed by atoms with Gasteiger partial charge in [0.25, 0.3) is 0 Å². The number of hydrogen-bond acceptors (Lipinski definition) is 3. The van der Waals surface area contributed by atoms with Crippen molar-refractivity contribution in [1.82, 2.24) is 4.90 Å². The molecule has 0 aromatic heterocycles. The number of nitrogens with two attached hydrogens (primary N) is 1. The molecule has 0 spiro atoms. The number of nitrogens with zero attached hydrogens (tertiary/aromatic N) is 1. The molecule has 2 N–H and O–H groups in total. The van der Waals surface area contributed by atoms with Gasteiger partial charge in [0, 0.05) is 26.2 Å². The van der Waals surface area contributed by atoms with Crippen molar-refractivity contribution in [3.63, 3.8) is 0 Å². The van der Waals surface area contributed by atoms with Gasteiger partial charge in [-0.2, -0.15) is 0 Å². The third-order valence-corrected chi connectivity index (χ3v) is 3.46. The average Bonchev–Trinajstić information content (AvgIpc) is 2.66. The molecule has 1 aliphatic carbocycles. The lowest BCUT2D eigenvalue weighted by Crippen LogP contribution is -2.44. The van der Waals surface area contributed by atoms with Gasteiger partial charge >= 0.3 is 0 Å². The van der Waals surface area contributed by atoms with Crippen LogP contribution in [0.25, 0.3) is 0 Å². The smallest absolute Gasteiger partial charge is 0.227 e. The normalized spacial score (nSPS) is 34.9. The van der Waals surface area contributed by atoms with Crippen molar-refractivity contribution in [2.75, 3.05) is 26.8 Å². The lowest BCUT2D eigenvalue weighted by atomic mass is 9.80. The summed E-state index contributed by atoms with van der Waals surface area (Å²) in [5.74, 6) is 0.966. The number of ether oxygens (including phenoxy) is 1. The zero-order valence-electron chi connectivity index (χ0n) is 9.32. The Hall–Kier alpha value is -0.610. The standard InChI is InChI=1S/C11H20N2O2/c1-13(6-8-4-10(12)5-8)11(14)9-2-3-15-7-9/h8-10H,2-7,12H2,1H3.